The Labute approximate surface area is 61.1 Å². The van der Waals surface area contributed by atoms with Gasteiger partial charge in [-0.25, -0.2) is 0 Å². The van der Waals surface area contributed by atoms with E-state index in [0.29, 0.717) is 0 Å². The summed E-state index contributed by atoms with van der Waals surface area (Å²) in [4.78, 5) is 4.32. The second-order valence-corrected chi connectivity index (χ2v) is 2.82. The molecule has 0 bridgehead atoms. The summed E-state index contributed by atoms with van der Waals surface area (Å²) in [5.41, 5.74) is 2.79. The Morgan fingerprint density at radius 1 is 1.20 bits per heavy atom. The van der Waals surface area contributed by atoms with Crippen LogP contribution in [0.2, 0.25) is 0 Å². The summed E-state index contributed by atoms with van der Waals surface area (Å²) in [6.45, 7) is 0. The molecule has 1 heteroatoms. The van der Waals surface area contributed by atoms with Crippen molar-refractivity contribution in [1.82, 2.24) is 4.98 Å². The van der Waals surface area contributed by atoms with E-state index in [9.17, 15) is 0 Å². The van der Waals surface area contributed by atoms with E-state index < -0.39 is 0 Å². The van der Waals surface area contributed by atoms with Crippen molar-refractivity contribution >= 4 is 0 Å². The van der Waals surface area contributed by atoms with Crippen LogP contribution in [0.5, 0.6) is 0 Å². The molecule has 1 aromatic rings. The molecular weight excluding hydrogens is 122 g/mol. The van der Waals surface area contributed by atoms with E-state index in [1.807, 2.05) is 12.3 Å². The van der Waals surface area contributed by atoms with Gasteiger partial charge < -0.3 is 0 Å². The lowest BCUT2D eigenvalue weighted by molar-refractivity contribution is 0.668. The number of aromatic nitrogens is 1. The summed E-state index contributed by atoms with van der Waals surface area (Å²) in [5.74, 6) is 0. The molecular formula is C9H11N. The molecule has 1 nitrogen and oxygen atoms in total. The molecule has 52 valence electrons. The third kappa shape index (κ3) is 0.919. The minimum atomic E-state index is 1.19. The predicted octanol–water partition coefficient (Wildman–Crippen LogP) is 1.96. The van der Waals surface area contributed by atoms with Gasteiger partial charge in [0.2, 0.25) is 0 Å². The molecule has 1 heterocycles. The highest BCUT2D eigenvalue weighted by molar-refractivity contribution is 5.21. The first-order valence-corrected chi connectivity index (χ1v) is 3.89. The summed E-state index contributed by atoms with van der Waals surface area (Å²) in [5, 5.41) is 0. The second-order valence-electron chi connectivity index (χ2n) is 2.82. The maximum atomic E-state index is 4.32. The fourth-order valence-corrected chi connectivity index (χ4v) is 1.53. The van der Waals surface area contributed by atoms with Crippen LogP contribution >= 0.6 is 0 Å². The molecule has 0 spiro atoms. The Morgan fingerprint density at radius 2 is 2.10 bits per heavy atom. The normalized spacial score (nSPS) is 16.4. The summed E-state index contributed by atoms with van der Waals surface area (Å²) < 4.78 is 0. The van der Waals surface area contributed by atoms with Crippen molar-refractivity contribution in [1.29, 1.82) is 0 Å². The second kappa shape index (κ2) is 2.41. The first kappa shape index (κ1) is 5.90. The number of nitrogens with zero attached hydrogens (tertiary/aromatic N) is 1. The third-order valence-corrected chi connectivity index (χ3v) is 2.09. The molecule has 0 saturated carbocycles. The average molecular weight is 133 g/mol. The molecule has 0 aliphatic heterocycles. The Bertz CT molecular complexity index is 205. The van der Waals surface area contributed by atoms with Crippen LogP contribution in [-0.2, 0) is 12.8 Å². The highest BCUT2D eigenvalue weighted by atomic mass is 14.7. The van der Waals surface area contributed by atoms with Gasteiger partial charge in [-0.1, -0.05) is 6.07 Å². The zero-order chi connectivity index (χ0) is 6.81. The zero-order valence-electron chi connectivity index (χ0n) is 6.01. The molecule has 2 rings (SSSR count). The van der Waals surface area contributed by atoms with Crippen molar-refractivity contribution in [2.45, 2.75) is 25.7 Å². The van der Waals surface area contributed by atoms with Crippen LogP contribution in [0, 0.1) is 0 Å². The van der Waals surface area contributed by atoms with Gasteiger partial charge in [0.1, 0.15) is 0 Å². The SMILES string of the molecule is c1cnc2c(c1)CCCC2. The fraction of sp³-hybridized carbons (Fsp3) is 0.444. The Balaban J connectivity index is 2.41. The average Bonchev–Trinajstić information content (AvgIpc) is 2.05. The Hall–Kier alpha value is -0.850. The molecule has 0 radical (unpaired) electrons. The van der Waals surface area contributed by atoms with Crippen LogP contribution in [0.15, 0.2) is 18.3 Å². The number of pyridine rings is 1. The van der Waals surface area contributed by atoms with Crippen LogP contribution in [-0.4, -0.2) is 4.98 Å². The molecule has 0 atom stereocenters. The van der Waals surface area contributed by atoms with Crippen molar-refractivity contribution in [3.05, 3.63) is 29.6 Å². The highest BCUT2D eigenvalue weighted by Crippen LogP contribution is 2.17. The number of rotatable bonds is 0. The number of hydrogen-bond donors (Lipinski definition) is 0. The topological polar surface area (TPSA) is 12.9 Å². The first-order chi connectivity index (χ1) is 4.97. The maximum Gasteiger partial charge on any atom is 0.0435 e. The molecule has 1 aromatic heterocycles. The quantitative estimate of drug-likeness (QED) is 0.527. The van der Waals surface area contributed by atoms with Crippen molar-refractivity contribution < 1.29 is 0 Å². The van der Waals surface area contributed by atoms with E-state index in [1.54, 1.807) is 0 Å². The summed E-state index contributed by atoms with van der Waals surface area (Å²) in [6, 6.07) is 4.23. The van der Waals surface area contributed by atoms with Gasteiger partial charge >= 0.3 is 0 Å². The van der Waals surface area contributed by atoms with Crippen molar-refractivity contribution in [2.24, 2.45) is 0 Å². The highest BCUT2D eigenvalue weighted by Gasteiger charge is 2.07. The minimum Gasteiger partial charge on any atom is -0.261 e. The van der Waals surface area contributed by atoms with Crippen LogP contribution in [0.25, 0.3) is 0 Å². The van der Waals surface area contributed by atoms with Gasteiger partial charge in [0.05, 0.1) is 0 Å². The van der Waals surface area contributed by atoms with Crippen molar-refractivity contribution in [3.63, 3.8) is 0 Å². The van der Waals surface area contributed by atoms with E-state index in [-0.39, 0.29) is 0 Å². The molecule has 0 saturated heterocycles. The third-order valence-electron chi connectivity index (χ3n) is 2.09. The predicted molar refractivity (Wildman–Crippen MR) is 40.9 cm³/mol. The lowest BCUT2D eigenvalue weighted by Crippen LogP contribution is -2.03. The van der Waals surface area contributed by atoms with Gasteiger partial charge in [0, 0.05) is 11.9 Å². The van der Waals surface area contributed by atoms with Crippen molar-refractivity contribution in [3.8, 4) is 0 Å². The van der Waals surface area contributed by atoms with Gasteiger partial charge in [0.25, 0.3) is 0 Å². The van der Waals surface area contributed by atoms with Crippen LogP contribution in [0.3, 0.4) is 0 Å². The van der Waals surface area contributed by atoms with Gasteiger partial charge in [0.15, 0.2) is 0 Å². The molecule has 1 aliphatic rings. The summed E-state index contributed by atoms with van der Waals surface area (Å²) >= 11 is 0. The smallest absolute Gasteiger partial charge is 0.0435 e. The summed E-state index contributed by atoms with van der Waals surface area (Å²) in [6.07, 6.45) is 6.99. The minimum absolute atomic E-state index is 1.19. The van der Waals surface area contributed by atoms with E-state index in [1.165, 1.54) is 36.9 Å². The van der Waals surface area contributed by atoms with E-state index in [4.69, 9.17) is 0 Å². The maximum absolute atomic E-state index is 4.32. The van der Waals surface area contributed by atoms with Crippen LogP contribution in [0.4, 0.5) is 0 Å². The molecule has 0 fully saturated rings. The Morgan fingerprint density at radius 3 is 3.00 bits per heavy atom. The van der Waals surface area contributed by atoms with Crippen LogP contribution < -0.4 is 0 Å². The lowest BCUT2D eigenvalue weighted by Gasteiger charge is -2.12. The monoisotopic (exact) mass is 133 g/mol. The molecule has 0 amide bonds. The fourth-order valence-electron chi connectivity index (χ4n) is 1.53. The van der Waals surface area contributed by atoms with Gasteiger partial charge in [-0.05, 0) is 37.3 Å². The lowest BCUT2D eigenvalue weighted by atomic mass is 9.96. The van der Waals surface area contributed by atoms with E-state index in [2.05, 4.69) is 11.1 Å². The Kier molecular flexibility index (Phi) is 1.42. The molecule has 0 N–H and O–H groups in total. The zero-order valence-corrected chi connectivity index (χ0v) is 6.01. The number of fused-ring (bicyclic) bond motifs is 1. The van der Waals surface area contributed by atoms with E-state index >= 15 is 0 Å². The molecule has 0 unspecified atom stereocenters. The largest absolute Gasteiger partial charge is 0.261 e. The van der Waals surface area contributed by atoms with Crippen molar-refractivity contribution in [2.75, 3.05) is 0 Å². The van der Waals surface area contributed by atoms with Crippen LogP contribution in [0.1, 0.15) is 24.1 Å². The number of hydrogen-bond acceptors (Lipinski definition) is 1. The number of aryl methyl sites for hydroxylation is 2. The first-order valence-electron chi connectivity index (χ1n) is 3.89. The molecule has 1 aliphatic carbocycles. The molecule has 10 heavy (non-hydrogen) atoms. The van der Waals surface area contributed by atoms with Gasteiger partial charge in [-0.3, -0.25) is 4.98 Å². The van der Waals surface area contributed by atoms with Gasteiger partial charge in [-0.15, -0.1) is 0 Å². The van der Waals surface area contributed by atoms with Gasteiger partial charge in [-0.2, -0.15) is 0 Å². The summed E-state index contributed by atoms with van der Waals surface area (Å²) in [7, 11) is 0. The standard InChI is InChI=1S/C9H11N/c1-2-6-9-8(4-1)5-3-7-10-9/h3,5,7H,1-2,4,6H2. The molecule has 0 aromatic carbocycles. The van der Waals surface area contributed by atoms with E-state index in [0.717, 1.165) is 0 Å².